The van der Waals surface area contributed by atoms with Crippen molar-refractivity contribution in [1.82, 2.24) is 4.98 Å². The van der Waals surface area contributed by atoms with Crippen LogP contribution in [0.1, 0.15) is 30.3 Å². The minimum absolute atomic E-state index is 0.0283. The molecule has 0 saturated carbocycles. The van der Waals surface area contributed by atoms with E-state index in [1.807, 2.05) is 6.92 Å². The van der Waals surface area contributed by atoms with Gasteiger partial charge in [0, 0.05) is 12.5 Å². The third-order valence-electron chi connectivity index (χ3n) is 2.18. The normalized spacial score (nSPS) is 11.5. The molecule has 1 rings (SSSR count). The number of aromatic carboxylic acids is 1. The summed E-state index contributed by atoms with van der Waals surface area (Å²) in [7, 11) is 0. The smallest absolute Gasteiger partial charge is 0.354 e. The van der Waals surface area contributed by atoms with E-state index in [-0.39, 0.29) is 11.7 Å². The number of hydrogen-bond acceptors (Lipinski definition) is 3. The van der Waals surface area contributed by atoms with Crippen molar-refractivity contribution in [2.24, 2.45) is 0 Å². The Balaban J connectivity index is 2.77. The maximum absolute atomic E-state index is 10.7. The van der Waals surface area contributed by atoms with Crippen LogP contribution in [0.15, 0.2) is 18.2 Å². The lowest BCUT2D eigenvalue weighted by Gasteiger charge is -2.14. The maximum Gasteiger partial charge on any atom is 0.354 e. The molecule has 0 amide bonds. The van der Waals surface area contributed by atoms with Crippen molar-refractivity contribution in [2.45, 2.75) is 25.8 Å². The number of nitrogens with one attached hydrogen (secondary N) is 1. The highest BCUT2D eigenvalue weighted by atomic mass is 16.4. The summed E-state index contributed by atoms with van der Waals surface area (Å²) in [4.78, 5) is 14.7. The number of pyridine rings is 1. The number of rotatable bonds is 5. The van der Waals surface area contributed by atoms with Crippen LogP contribution in [0, 0.1) is 12.3 Å². The molecule has 16 heavy (non-hydrogen) atoms. The number of anilines is 1. The van der Waals surface area contributed by atoms with Gasteiger partial charge in [0.15, 0.2) is 5.69 Å². The van der Waals surface area contributed by atoms with Gasteiger partial charge in [0.25, 0.3) is 0 Å². The summed E-state index contributed by atoms with van der Waals surface area (Å²) in [6.45, 7) is 2.01. The molecule has 0 saturated heterocycles. The van der Waals surface area contributed by atoms with Gasteiger partial charge in [-0.15, -0.1) is 12.3 Å². The van der Waals surface area contributed by atoms with Crippen LogP contribution < -0.4 is 5.32 Å². The first-order chi connectivity index (χ1) is 7.67. The van der Waals surface area contributed by atoms with E-state index in [1.54, 1.807) is 12.1 Å². The SMILES string of the molecule is C#CCC(CC)Nc1cccc(C(=O)O)n1. The predicted molar refractivity (Wildman–Crippen MR) is 62.3 cm³/mol. The zero-order valence-electron chi connectivity index (χ0n) is 9.10. The van der Waals surface area contributed by atoms with Crippen LogP contribution in [-0.4, -0.2) is 22.1 Å². The summed E-state index contributed by atoms with van der Waals surface area (Å²) >= 11 is 0. The van der Waals surface area contributed by atoms with E-state index in [1.165, 1.54) is 6.07 Å². The molecule has 0 bridgehead atoms. The topological polar surface area (TPSA) is 62.2 Å². The zero-order chi connectivity index (χ0) is 12.0. The summed E-state index contributed by atoms with van der Waals surface area (Å²) in [5.74, 6) is 2.08. The monoisotopic (exact) mass is 218 g/mol. The Morgan fingerprint density at radius 3 is 3.00 bits per heavy atom. The Morgan fingerprint density at radius 1 is 1.69 bits per heavy atom. The van der Waals surface area contributed by atoms with E-state index in [0.717, 1.165) is 6.42 Å². The highest BCUT2D eigenvalue weighted by molar-refractivity contribution is 5.85. The Hall–Kier alpha value is -2.02. The van der Waals surface area contributed by atoms with E-state index in [9.17, 15) is 4.79 Å². The van der Waals surface area contributed by atoms with Crippen LogP contribution in [0.2, 0.25) is 0 Å². The predicted octanol–water partition coefficient (Wildman–Crippen LogP) is 1.99. The zero-order valence-corrected chi connectivity index (χ0v) is 9.10. The Bertz CT molecular complexity index is 410. The molecule has 4 heteroatoms. The Kier molecular flexibility index (Phi) is 4.34. The van der Waals surface area contributed by atoms with Gasteiger partial charge in [-0.25, -0.2) is 9.78 Å². The van der Waals surface area contributed by atoms with Crippen LogP contribution in [-0.2, 0) is 0 Å². The van der Waals surface area contributed by atoms with Crippen molar-refractivity contribution in [3.8, 4) is 12.3 Å². The molecule has 2 N–H and O–H groups in total. The summed E-state index contributed by atoms with van der Waals surface area (Å²) in [5.41, 5.74) is 0.0283. The Labute approximate surface area is 94.7 Å². The first-order valence-corrected chi connectivity index (χ1v) is 5.07. The highest BCUT2D eigenvalue weighted by Crippen LogP contribution is 2.09. The van der Waals surface area contributed by atoms with E-state index in [0.29, 0.717) is 12.2 Å². The lowest BCUT2D eigenvalue weighted by atomic mass is 10.1. The quantitative estimate of drug-likeness (QED) is 0.742. The number of hydrogen-bond donors (Lipinski definition) is 2. The average Bonchev–Trinajstić information content (AvgIpc) is 2.29. The van der Waals surface area contributed by atoms with Gasteiger partial charge in [-0.3, -0.25) is 0 Å². The molecule has 4 nitrogen and oxygen atoms in total. The molecule has 84 valence electrons. The number of carboxylic acid groups (broad SMARTS) is 1. The number of nitrogens with zero attached hydrogens (tertiary/aromatic N) is 1. The van der Waals surface area contributed by atoms with Crippen molar-refractivity contribution in [3.63, 3.8) is 0 Å². The lowest BCUT2D eigenvalue weighted by Crippen LogP contribution is -2.19. The maximum atomic E-state index is 10.7. The number of terminal acetylenes is 1. The van der Waals surface area contributed by atoms with Gasteiger partial charge in [0.05, 0.1) is 0 Å². The standard InChI is InChI=1S/C12H14N2O2/c1-3-6-9(4-2)13-11-8-5-7-10(14-11)12(15)16/h1,5,7-9H,4,6H2,2H3,(H,13,14)(H,15,16). The van der Waals surface area contributed by atoms with Crippen molar-refractivity contribution in [2.75, 3.05) is 5.32 Å². The summed E-state index contributed by atoms with van der Waals surface area (Å²) in [6, 6.07) is 4.96. The number of aromatic nitrogens is 1. The molecule has 1 aromatic rings. The molecule has 1 aromatic heterocycles. The summed E-state index contributed by atoms with van der Waals surface area (Å²) in [5, 5.41) is 11.9. The fourth-order valence-corrected chi connectivity index (χ4v) is 1.28. The van der Waals surface area contributed by atoms with Crippen LogP contribution in [0.4, 0.5) is 5.82 Å². The highest BCUT2D eigenvalue weighted by Gasteiger charge is 2.08. The fraction of sp³-hybridized carbons (Fsp3) is 0.333. The van der Waals surface area contributed by atoms with Crippen molar-refractivity contribution < 1.29 is 9.90 Å². The third kappa shape index (κ3) is 3.28. The van der Waals surface area contributed by atoms with Crippen molar-refractivity contribution in [1.29, 1.82) is 0 Å². The second kappa shape index (κ2) is 5.76. The molecular weight excluding hydrogens is 204 g/mol. The average molecular weight is 218 g/mol. The molecule has 0 aromatic carbocycles. The molecule has 1 atom stereocenters. The van der Waals surface area contributed by atoms with E-state index >= 15 is 0 Å². The molecule has 0 aliphatic carbocycles. The van der Waals surface area contributed by atoms with Gasteiger partial charge in [0.1, 0.15) is 5.82 Å². The minimum atomic E-state index is -1.03. The van der Waals surface area contributed by atoms with Gasteiger partial charge in [-0.2, -0.15) is 0 Å². The van der Waals surface area contributed by atoms with Crippen LogP contribution in [0.3, 0.4) is 0 Å². The second-order valence-electron chi connectivity index (χ2n) is 3.37. The molecule has 0 radical (unpaired) electrons. The van der Waals surface area contributed by atoms with E-state index in [4.69, 9.17) is 11.5 Å². The molecule has 1 heterocycles. The van der Waals surface area contributed by atoms with Crippen molar-refractivity contribution in [3.05, 3.63) is 23.9 Å². The van der Waals surface area contributed by atoms with Gasteiger partial charge >= 0.3 is 5.97 Å². The van der Waals surface area contributed by atoms with E-state index in [2.05, 4.69) is 16.2 Å². The lowest BCUT2D eigenvalue weighted by molar-refractivity contribution is 0.0690. The minimum Gasteiger partial charge on any atom is -0.477 e. The molecule has 1 unspecified atom stereocenters. The van der Waals surface area contributed by atoms with Gasteiger partial charge in [-0.1, -0.05) is 13.0 Å². The molecular formula is C12H14N2O2. The summed E-state index contributed by atoms with van der Waals surface area (Å²) in [6.07, 6.45) is 6.69. The van der Waals surface area contributed by atoms with Gasteiger partial charge in [-0.05, 0) is 18.6 Å². The van der Waals surface area contributed by atoms with Gasteiger partial charge in [0.2, 0.25) is 0 Å². The van der Waals surface area contributed by atoms with E-state index < -0.39 is 5.97 Å². The molecule has 0 aliphatic rings. The summed E-state index contributed by atoms with van der Waals surface area (Å²) < 4.78 is 0. The second-order valence-corrected chi connectivity index (χ2v) is 3.37. The first kappa shape index (κ1) is 12.1. The molecule has 0 fully saturated rings. The number of carboxylic acids is 1. The van der Waals surface area contributed by atoms with Crippen LogP contribution in [0.25, 0.3) is 0 Å². The third-order valence-corrected chi connectivity index (χ3v) is 2.18. The fourth-order valence-electron chi connectivity index (χ4n) is 1.28. The van der Waals surface area contributed by atoms with Crippen LogP contribution >= 0.6 is 0 Å². The van der Waals surface area contributed by atoms with Crippen molar-refractivity contribution >= 4 is 11.8 Å². The molecule has 0 aliphatic heterocycles. The molecule has 0 spiro atoms. The Morgan fingerprint density at radius 2 is 2.44 bits per heavy atom. The number of carbonyl (C=O) groups is 1. The largest absolute Gasteiger partial charge is 0.477 e. The first-order valence-electron chi connectivity index (χ1n) is 5.07. The van der Waals surface area contributed by atoms with Gasteiger partial charge < -0.3 is 10.4 Å². The van der Waals surface area contributed by atoms with Crippen LogP contribution in [0.5, 0.6) is 0 Å².